The van der Waals surface area contributed by atoms with Gasteiger partial charge in [0.25, 0.3) is 0 Å². The molecular formula is C15H20F3NO. The molecule has 1 aliphatic rings. The van der Waals surface area contributed by atoms with E-state index in [-0.39, 0.29) is 17.5 Å². The lowest BCUT2D eigenvalue weighted by molar-refractivity contribution is -0.137. The SMILES string of the molecule is CCC1CCCC1Nc1ccc(OC)cc1C(F)(F)F. The first kappa shape index (κ1) is 15.0. The molecule has 0 aromatic heterocycles. The van der Waals surface area contributed by atoms with Crippen molar-refractivity contribution in [3.8, 4) is 5.75 Å². The van der Waals surface area contributed by atoms with Gasteiger partial charge in [0.1, 0.15) is 5.75 Å². The topological polar surface area (TPSA) is 21.3 Å². The fraction of sp³-hybridized carbons (Fsp3) is 0.600. The molecule has 0 bridgehead atoms. The molecule has 1 N–H and O–H groups in total. The molecule has 2 rings (SSSR count). The maximum atomic E-state index is 13.1. The second-order valence-corrected chi connectivity index (χ2v) is 5.26. The lowest BCUT2D eigenvalue weighted by Crippen LogP contribution is -2.25. The van der Waals surface area contributed by atoms with Crippen LogP contribution >= 0.6 is 0 Å². The van der Waals surface area contributed by atoms with Crippen LogP contribution in [0.2, 0.25) is 0 Å². The van der Waals surface area contributed by atoms with Crippen molar-refractivity contribution in [2.24, 2.45) is 5.92 Å². The summed E-state index contributed by atoms with van der Waals surface area (Å²) in [5, 5.41) is 3.09. The highest BCUT2D eigenvalue weighted by Crippen LogP contribution is 2.39. The van der Waals surface area contributed by atoms with Crippen LogP contribution in [-0.4, -0.2) is 13.2 Å². The molecule has 20 heavy (non-hydrogen) atoms. The lowest BCUT2D eigenvalue weighted by Gasteiger charge is -2.23. The number of anilines is 1. The molecule has 1 aromatic rings. The van der Waals surface area contributed by atoms with Crippen LogP contribution in [0.1, 0.15) is 38.2 Å². The summed E-state index contributed by atoms with van der Waals surface area (Å²) in [6.07, 6.45) is -0.284. The van der Waals surface area contributed by atoms with Crippen molar-refractivity contribution in [2.75, 3.05) is 12.4 Å². The number of hydrogen-bond acceptors (Lipinski definition) is 2. The first-order valence-electron chi connectivity index (χ1n) is 6.97. The minimum absolute atomic E-state index is 0.134. The van der Waals surface area contributed by atoms with Crippen LogP contribution < -0.4 is 10.1 Å². The fourth-order valence-electron chi connectivity index (χ4n) is 2.93. The van der Waals surface area contributed by atoms with Crippen LogP contribution in [0.4, 0.5) is 18.9 Å². The Balaban J connectivity index is 2.26. The summed E-state index contributed by atoms with van der Waals surface area (Å²) in [5.41, 5.74) is -0.498. The number of rotatable bonds is 4. The van der Waals surface area contributed by atoms with Gasteiger partial charge in [-0.3, -0.25) is 0 Å². The molecule has 112 valence electrons. The average Bonchev–Trinajstić information content (AvgIpc) is 2.85. The number of ether oxygens (including phenoxy) is 1. The normalized spacial score (nSPS) is 22.9. The van der Waals surface area contributed by atoms with Crippen molar-refractivity contribution in [1.82, 2.24) is 0 Å². The monoisotopic (exact) mass is 287 g/mol. The van der Waals surface area contributed by atoms with Gasteiger partial charge in [-0.2, -0.15) is 13.2 Å². The maximum absolute atomic E-state index is 13.1. The molecule has 2 unspecified atom stereocenters. The maximum Gasteiger partial charge on any atom is 0.418 e. The molecule has 2 atom stereocenters. The summed E-state index contributed by atoms with van der Waals surface area (Å²) in [6, 6.07) is 4.22. The second kappa shape index (κ2) is 5.94. The third-order valence-corrected chi connectivity index (χ3v) is 4.06. The molecule has 1 aliphatic carbocycles. The molecule has 0 saturated heterocycles. The van der Waals surface area contributed by atoms with Gasteiger partial charge in [0.2, 0.25) is 0 Å². The van der Waals surface area contributed by atoms with Crippen LogP contribution in [0.15, 0.2) is 18.2 Å². The Labute approximate surface area is 117 Å². The van der Waals surface area contributed by atoms with Gasteiger partial charge in [0, 0.05) is 11.7 Å². The van der Waals surface area contributed by atoms with E-state index in [1.165, 1.54) is 13.2 Å². The molecule has 1 saturated carbocycles. The molecule has 1 fully saturated rings. The Kier molecular flexibility index (Phi) is 4.45. The van der Waals surface area contributed by atoms with E-state index < -0.39 is 11.7 Å². The van der Waals surface area contributed by atoms with Gasteiger partial charge in [-0.1, -0.05) is 19.8 Å². The third-order valence-electron chi connectivity index (χ3n) is 4.06. The summed E-state index contributed by atoms with van der Waals surface area (Å²) >= 11 is 0. The third kappa shape index (κ3) is 3.19. The number of methoxy groups -OCH3 is 1. The standard InChI is InChI=1S/C15H20F3NO/c1-3-10-5-4-6-13(10)19-14-8-7-11(20-2)9-12(14)15(16,17)18/h7-10,13,19H,3-6H2,1-2H3. The minimum atomic E-state index is -4.38. The second-order valence-electron chi connectivity index (χ2n) is 5.26. The highest BCUT2D eigenvalue weighted by molar-refractivity contribution is 5.56. The van der Waals surface area contributed by atoms with E-state index in [0.29, 0.717) is 5.92 Å². The predicted octanol–water partition coefficient (Wildman–Crippen LogP) is 4.70. The summed E-state index contributed by atoms with van der Waals surface area (Å²) < 4.78 is 44.3. The van der Waals surface area contributed by atoms with E-state index in [2.05, 4.69) is 12.2 Å². The Hall–Kier alpha value is -1.39. The van der Waals surface area contributed by atoms with Crippen LogP contribution in [0.5, 0.6) is 5.75 Å². The summed E-state index contributed by atoms with van der Waals surface area (Å²) in [6.45, 7) is 2.09. The van der Waals surface area contributed by atoms with Gasteiger partial charge in [-0.05, 0) is 37.0 Å². The molecule has 0 spiro atoms. The Bertz CT molecular complexity index is 459. The molecule has 2 nitrogen and oxygen atoms in total. The van der Waals surface area contributed by atoms with E-state index in [0.717, 1.165) is 31.7 Å². The first-order valence-corrected chi connectivity index (χ1v) is 6.97. The smallest absolute Gasteiger partial charge is 0.418 e. The summed E-state index contributed by atoms with van der Waals surface area (Å²) in [7, 11) is 1.37. The van der Waals surface area contributed by atoms with Crippen molar-refractivity contribution in [3.05, 3.63) is 23.8 Å². The zero-order valence-corrected chi connectivity index (χ0v) is 11.8. The zero-order valence-electron chi connectivity index (χ0n) is 11.8. The molecular weight excluding hydrogens is 267 g/mol. The van der Waals surface area contributed by atoms with Crippen LogP contribution in [0.3, 0.4) is 0 Å². The van der Waals surface area contributed by atoms with E-state index in [1.807, 2.05) is 0 Å². The Morgan fingerprint density at radius 3 is 2.65 bits per heavy atom. The molecule has 1 aromatic carbocycles. The first-order chi connectivity index (χ1) is 9.45. The van der Waals surface area contributed by atoms with Crippen molar-refractivity contribution >= 4 is 5.69 Å². The van der Waals surface area contributed by atoms with Crippen molar-refractivity contribution in [2.45, 2.75) is 44.8 Å². The van der Waals surface area contributed by atoms with E-state index in [4.69, 9.17) is 4.74 Å². The van der Waals surface area contributed by atoms with E-state index >= 15 is 0 Å². The average molecular weight is 287 g/mol. The number of nitrogens with one attached hydrogen (secondary N) is 1. The number of hydrogen-bond donors (Lipinski definition) is 1. The fourth-order valence-corrected chi connectivity index (χ4v) is 2.93. The van der Waals surface area contributed by atoms with Crippen LogP contribution in [-0.2, 0) is 6.18 Å². The molecule has 0 aliphatic heterocycles. The summed E-state index contributed by atoms with van der Waals surface area (Å²) in [4.78, 5) is 0. The molecule has 0 radical (unpaired) electrons. The number of halogens is 3. The van der Waals surface area contributed by atoms with E-state index in [9.17, 15) is 13.2 Å². The van der Waals surface area contributed by atoms with Gasteiger partial charge in [0.05, 0.1) is 12.7 Å². The Morgan fingerprint density at radius 1 is 1.30 bits per heavy atom. The lowest BCUT2D eigenvalue weighted by atomic mass is 10.00. The van der Waals surface area contributed by atoms with Crippen LogP contribution in [0.25, 0.3) is 0 Å². The number of alkyl halides is 3. The van der Waals surface area contributed by atoms with Gasteiger partial charge in [-0.15, -0.1) is 0 Å². The largest absolute Gasteiger partial charge is 0.497 e. The highest BCUT2D eigenvalue weighted by atomic mass is 19.4. The molecule has 5 heteroatoms. The van der Waals surface area contributed by atoms with Gasteiger partial charge < -0.3 is 10.1 Å². The van der Waals surface area contributed by atoms with Crippen molar-refractivity contribution in [3.63, 3.8) is 0 Å². The number of benzene rings is 1. The van der Waals surface area contributed by atoms with E-state index in [1.54, 1.807) is 6.07 Å². The van der Waals surface area contributed by atoms with Gasteiger partial charge in [-0.25, -0.2) is 0 Å². The van der Waals surface area contributed by atoms with Gasteiger partial charge in [0.15, 0.2) is 0 Å². The minimum Gasteiger partial charge on any atom is -0.497 e. The predicted molar refractivity (Wildman–Crippen MR) is 73.0 cm³/mol. The molecule has 0 heterocycles. The molecule has 0 amide bonds. The zero-order chi connectivity index (χ0) is 14.8. The Morgan fingerprint density at radius 2 is 2.05 bits per heavy atom. The quantitative estimate of drug-likeness (QED) is 0.866. The van der Waals surface area contributed by atoms with Crippen LogP contribution in [0, 0.1) is 5.92 Å². The summed E-state index contributed by atoms with van der Waals surface area (Å²) in [5.74, 6) is 0.680. The highest BCUT2D eigenvalue weighted by Gasteiger charge is 2.35. The van der Waals surface area contributed by atoms with Gasteiger partial charge >= 0.3 is 6.18 Å². The van der Waals surface area contributed by atoms with Crippen molar-refractivity contribution < 1.29 is 17.9 Å². The van der Waals surface area contributed by atoms with Crippen molar-refractivity contribution in [1.29, 1.82) is 0 Å².